The van der Waals surface area contributed by atoms with Gasteiger partial charge in [-0.2, -0.15) is 0 Å². The van der Waals surface area contributed by atoms with Crippen molar-refractivity contribution >= 4 is 37.3 Å². The fourth-order valence-corrected chi connectivity index (χ4v) is 2.73. The Morgan fingerprint density at radius 2 is 2.42 bits per heavy atom. The van der Waals surface area contributed by atoms with Gasteiger partial charge in [-0.1, -0.05) is 4.89 Å². The molecule has 8 heteroatoms. The molecule has 0 saturated carbocycles. The Balaban J connectivity index is 2.98. The van der Waals surface area contributed by atoms with E-state index in [2.05, 4.69) is 25.8 Å². The molecule has 12 heavy (non-hydrogen) atoms. The lowest BCUT2D eigenvalue weighted by molar-refractivity contribution is 0.153. The maximum absolute atomic E-state index is 11.1. The maximum Gasteiger partial charge on any atom is 0.280 e. The van der Waals surface area contributed by atoms with Crippen LogP contribution in [0, 0.1) is 0 Å². The first kappa shape index (κ1) is 10.1. The highest BCUT2D eigenvalue weighted by molar-refractivity contribution is 9.11. The maximum atomic E-state index is 11.1. The number of hydrogen-bond acceptors (Lipinski definition) is 5. The summed E-state index contributed by atoms with van der Waals surface area (Å²) in [4.78, 5) is 9.83. The predicted octanol–water partition coefficient (Wildman–Crippen LogP) is 0.745. The lowest BCUT2D eigenvalue weighted by atomic mass is 11.0. The number of nitrogens with zero attached hydrogens (tertiary/aromatic N) is 1. The summed E-state index contributed by atoms with van der Waals surface area (Å²) in [6, 6.07) is 0. The molecule has 1 heterocycles. The second kappa shape index (κ2) is 3.79. The first-order chi connectivity index (χ1) is 5.56. The van der Waals surface area contributed by atoms with E-state index >= 15 is 0 Å². The zero-order valence-corrected chi connectivity index (χ0v) is 9.16. The smallest absolute Gasteiger partial charge is 0.280 e. The molecule has 0 bridgehead atoms. The van der Waals surface area contributed by atoms with Crippen molar-refractivity contribution in [2.75, 3.05) is 7.11 Å². The van der Waals surface area contributed by atoms with Crippen LogP contribution in [-0.2, 0) is 14.9 Å². The number of sulfonamides is 1. The lowest BCUT2D eigenvalue weighted by Gasteiger charge is -1.98. The molecule has 0 atom stereocenters. The summed E-state index contributed by atoms with van der Waals surface area (Å²) in [6.07, 6.45) is 0. The molecule has 0 fully saturated rings. The van der Waals surface area contributed by atoms with E-state index in [4.69, 9.17) is 0 Å². The SMILES string of the molecule is CONS(=O)(=O)c1csc(Br)n1. The fourth-order valence-electron chi connectivity index (χ4n) is 0.514. The average molecular weight is 273 g/mol. The van der Waals surface area contributed by atoms with Crippen LogP contribution in [0.2, 0.25) is 0 Å². The van der Waals surface area contributed by atoms with Gasteiger partial charge in [0.2, 0.25) is 0 Å². The van der Waals surface area contributed by atoms with Gasteiger partial charge < -0.3 is 0 Å². The third-order valence-corrected chi connectivity index (χ3v) is 3.58. The Hall–Kier alpha value is -0.0200. The first-order valence-electron chi connectivity index (χ1n) is 2.72. The van der Waals surface area contributed by atoms with Crippen molar-refractivity contribution in [3.05, 3.63) is 9.30 Å². The van der Waals surface area contributed by atoms with Crippen molar-refractivity contribution in [3.8, 4) is 0 Å². The standard InChI is InChI=1S/C4H5BrN2O3S2/c1-10-7-12(8,9)3-2-11-4(5)6-3/h2,7H,1H3. The van der Waals surface area contributed by atoms with Crippen LogP contribution in [0.25, 0.3) is 0 Å². The third-order valence-electron chi connectivity index (χ3n) is 0.923. The number of rotatable bonds is 3. The lowest BCUT2D eigenvalue weighted by Crippen LogP contribution is -2.22. The highest BCUT2D eigenvalue weighted by Gasteiger charge is 2.16. The Bertz CT molecular complexity index is 360. The Labute approximate surface area is 81.9 Å². The number of halogens is 1. The largest absolute Gasteiger partial charge is 0.290 e. The van der Waals surface area contributed by atoms with E-state index < -0.39 is 10.0 Å². The number of nitrogens with one attached hydrogen (secondary N) is 1. The van der Waals surface area contributed by atoms with Crippen LogP contribution in [0.3, 0.4) is 0 Å². The van der Waals surface area contributed by atoms with Crippen LogP contribution < -0.4 is 4.89 Å². The summed E-state index contributed by atoms with van der Waals surface area (Å²) in [5.74, 6) is 0. The molecule has 5 nitrogen and oxygen atoms in total. The van der Waals surface area contributed by atoms with Gasteiger partial charge in [0.1, 0.15) is 0 Å². The Morgan fingerprint density at radius 3 is 2.83 bits per heavy atom. The number of aromatic nitrogens is 1. The van der Waals surface area contributed by atoms with Crippen molar-refractivity contribution in [1.29, 1.82) is 0 Å². The van der Waals surface area contributed by atoms with Gasteiger partial charge in [-0.25, -0.2) is 13.4 Å². The molecule has 0 radical (unpaired) electrons. The van der Waals surface area contributed by atoms with Crippen LogP contribution in [0.4, 0.5) is 0 Å². The quantitative estimate of drug-likeness (QED) is 0.825. The van der Waals surface area contributed by atoms with Crippen molar-refractivity contribution in [3.63, 3.8) is 0 Å². The normalized spacial score (nSPS) is 11.8. The molecule has 0 amide bonds. The molecule has 1 aromatic heterocycles. The molecule has 0 unspecified atom stereocenters. The molecule has 1 aromatic rings. The van der Waals surface area contributed by atoms with E-state index in [1.165, 1.54) is 23.8 Å². The molecule has 0 spiro atoms. The summed E-state index contributed by atoms with van der Waals surface area (Å²) >= 11 is 4.24. The molecule has 68 valence electrons. The van der Waals surface area contributed by atoms with Crippen LogP contribution in [-0.4, -0.2) is 20.5 Å². The Morgan fingerprint density at radius 1 is 1.75 bits per heavy atom. The van der Waals surface area contributed by atoms with E-state index in [-0.39, 0.29) is 5.03 Å². The zero-order chi connectivity index (χ0) is 9.19. The minimum Gasteiger partial charge on any atom is -0.290 e. The fraction of sp³-hybridized carbons (Fsp3) is 0.250. The highest BCUT2D eigenvalue weighted by Crippen LogP contribution is 2.18. The topological polar surface area (TPSA) is 68.3 Å². The van der Waals surface area contributed by atoms with E-state index in [0.717, 1.165) is 0 Å². The van der Waals surface area contributed by atoms with E-state index in [0.29, 0.717) is 3.92 Å². The van der Waals surface area contributed by atoms with Gasteiger partial charge in [0, 0.05) is 5.38 Å². The summed E-state index contributed by atoms with van der Waals surface area (Å²) in [6.45, 7) is 0. The van der Waals surface area contributed by atoms with Crippen molar-refractivity contribution in [2.45, 2.75) is 5.03 Å². The highest BCUT2D eigenvalue weighted by atomic mass is 79.9. The Kier molecular flexibility index (Phi) is 3.18. The monoisotopic (exact) mass is 272 g/mol. The first-order valence-corrected chi connectivity index (χ1v) is 5.87. The van der Waals surface area contributed by atoms with Gasteiger partial charge in [0.15, 0.2) is 8.94 Å². The van der Waals surface area contributed by atoms with Crippen LogP contribution in [0.15, 0.2) is 14.3 Å². The van der Waals surface area contributed by atoms with Gasteiger partial charge in [-0.3, -0.25) is 4.84 Å². The van der Waals surface area contributed by atoms with Gasteiger partial charge in [-0.15, -0.1) is 11.3 Å². The van der Waals surface area contributed by atoms with Crippen LogP contribution in [0.5, 0.6) is 0 Å². The van der Waals surface area contributed by atoms with Crippen molar-refractivity contribution < 1.29 is 13.3 Å². The number of hydrogen-bond donors (Lipinski definition) is 1. The van der Waals surface area contributed by atoms with E-state index in [1.807, 2.05) is 4.89 Å². The minimum atomic E-state index is -3.59. The summed E-state index contributed by atoms with van der Waals surface area (Å²) < 4.78 is 22.8. The molecule has 0 aromatic carbocycles. The summed E-state index contributed by atoms with van der Waals surface area (Å²) in [5.41, 5.74) is 0. The van der Waals surface area contributed by atoms with E-state index in [1.54, 1.807) is 0 Å². The molecular weight excluding hydrogens is 268 g/mol. The van der Waals surface area contributed by atoms with Crippen LogP contribution >= 0.6 is 27.3 Å². The zero-order valence-electron chi connectivity index (χ0n) is 5.94. The summed E-state index contributed by atoms with van der Waals surface area (Å²) in [7, 11) is -2.37. The van der Waals surface area contributed by atoms with Crippen molar-refractivity contribution in [1.82, 2.24) is 9.87 Å². The molecule has 1 N–H and O–H groups in total. The molecule has 0 aliphatic carbocycles. The summed E-state index contributed by atoms with van der Waals surface area (Å²) in [5, 5.41) is 1.35. The number of thiazole rings is 1. The third kappa shape index (κ3) is 2.23. The van der Waals surface area contributed by atoms with Crippen molar-refractivity contribution in [2.24, 2.45) is 0 Å². The van der Waals surface area contributed by atoms with Gasteiger partial charge >= 0.3 is 0 Å². The molecule has 0 aliphatic rings. The van der Waals surface area contributed by atoms with Gasteiger partial charge in [0.25, 0.3) is 10.0 Å². The molecule has 1 rings (SSSR count). The molecule has 0 aliphatic heterocycles. The minimum absolute atomic E-state index is 0.0544. The van der Waals surface area contributed by atoms with Gasteiger partial charge in [-0.05, 0) is 15.9 Å². The van der Waals surface area contributed by atoms with Crippen LogP contribution in [0.1, 0.15) is 0 Å². The second-order valence-corrected chi connectivity index (χ2v) is 5.46. The second-order valence-electron chi connectivity index (χ2n) is 1.73. The van der Waals surface area contributed by atoms with E-state index in [9.17, 15) is 8.42 Å². The average Bonchev–Trinajstić information content (AvgIpc) is 2.36. The predicted molar refractivity (Wildman–Crippen MR) is 47.1 cm³/mol. The molecule has 0 saturated heterocycles. The molecular formula is C4H5BrN2O3S2. The van der Waals surface area contributed by atoms with Gasteiger partial charge in [0.05, 0.1) is 7.11 Å².